The van der Waals surface area contributed by atoms with Crippen molar-refractivity contribution in [3.05, 3.63) is 35.9 Å². The second-order valence-corrected chi connectivity index (χ2v) is 7.85. The zero-order chi connectivity index (χ0) is 16.4. The van der Waals surface area contributed by atoms with Gasteiger partial charge in [0.15, 0.2) is 0 Å². The van der Waals surface area contributed by atoms with E-state index in [1.54, 1.807) is 0 Å². The maximum atomic E-state index is 13.0. The van der Waals surface area contributed by atoms with Crippen LogP contribution in [0.1, 0.15) is 57.4 Å². The summed E-state index contributed by atoms with van der Waals surface area (Å²) in [5, 5.41) is 3.43. The molecule has 3 N–H and O–H groups in total. The molecule has 1 aromatic carbocycles. The molecule has 0 saturated heterocycles. The number of rotatable bonds is 4. The van der Waals surface area contributed by atoms with Crippen LogP contribution in [0.4, 0.5) is 0 Å². The molecule has 0 spiro atoms. The molecule has 1 aromatic rings. The standard InChI is InChI=1S/C20H30N2O.ClH/c1-13(2)18(14-7-4-3-5-8-14)20(23)22-19-15-9-6-10-16(19)12-17(21)11-15;/h3-5,7-8,13,15-19H,6,9-12,21H2,1-2H3,(H,22,23);1H. The number of halogens is 1. The van der Waals surface area contributed by atoms with Gasteiger partial charge < -0.3 is 11.1 Å². The topological polar surface area (TPSA) is 55.1 Å². The van der Waals surface area contributed by atoms with Crippen molar-refractivity contribution in [2.24, 2.45) is 23.5 Å². The fourth-order valence-corrected chi connectivity index (χ4v) is 4.78. The summed E-state index contributed by atoms with van der Waals surface area (Å²) in [4.78, 5) is 13.0. The molecule has 0 aliphatic heterocycles. The van der Waals surface area contributed by atoms with Gasteiger partial charge in [0.25, 0.3) is 0 Å². The fourth-order valence-electron chi connectivity index (χ4n) is 4.78. The van der Waals surface area contributed by atoms with Gasteiger partial charge in [-0.3, -0.25) is 4.79 Å². The van der Waals surface area contributed by atoms with E-state index in [9.17, 15) is 4.79 Å². The molecule has 0 heterocycles. The molecule has 0 radical (unpaired) electrons. The summed E-state index contributed by atoms with van der Waals surface area (Å²) >= 11 is 0. The monoisotopic (exact) mass is 350 g/mol. The van der Waals surface area contributed by atoms with Gasteiger partial charge in [0, 0.05) is 12.1 Å². The van der Waals surface area contributed by atoms with Crippen molar-refractivity contribution < 1.29 is 4.79 Å². The number of carbonyl (C=O) groups is 1. The van der Waals surface area contributed by atoms with E-state index in [4.69, 9.17) is 5.73 Å². The van der Waals surface area contributed by atoms with Gasteiger partial charge in [-0.05, 0) is 49.0 Å². The molecule has 3 nitrogen and oxygen atoms in total. The quantitative estimate of drug-likeness (QED) is 0.866. The van der Waals surface area contributed by atoms with Gasteiger partial charge in [0.05, 0.1) is 5.92 Å². The number of carbonyl (C=O) groups excluding carboxylic acids is 1. The van der Waals surface area contributed by atoms with E-state index in [0.717, 1.165) is 18.4 Å². The lowest BCUT2D eigenvalue weighted by molar-refractivity contribution is -0.125. The lowest BCUT2D eigenvalue weighted by Crippen LogP contribution is -2.54. The van der Waals surface area contributed by atoms with Crippen LogP contribution in [-0.4, -0.2) is 18.0 Å². The van der Waals surface area contributed by atoms with Crippen LogP contribution in [0.3, 0.4) is 0 Å². The Hall–Kier alpha value is -1.06. The Morgan fingerprint density at radius 1 is 1.12 bits per heavy atom. The van der Waals surface area contributed by atoms with Crippen LogP contribution in [0.15, 0.2) is 30.3 Å². The number of amides is 1. The fraction of sp³-hybridized carbons (Fsp3) is 0.650. The predicted molar refractivity (Wildman–Crippen MR) is 101 cm³/mol. The van der Waals surface area contributed by atoms with E-state index in [1.165, 1.54) is 19.3 Å². The minimum atomic E-state index is -0.0625. The van der Waals surface area contributed by atoms with Crippen LogP contribution in [0.25, 0.3) is 0 Å². The van der Waals surface area contributed by atoms with Gasteiger partial charge in [-0.1, -0.05) is 50.6 Å². The second-order valence-electron chi connectivity index (χ2n) is 7.85. The molecule has 4 heteroatoms. The zero-order valence-corrected chi connectivity index (χ0v) is 15.6. The summed E-state index contributed by atoms with van der Waals surface area (Å²) in [5.74, 6) is 1.58. The third-order valence-electron chi connectivity index (χ3n) is 5.79. The molecule has 134 valence electrons. The highest BCUT2D eigenvalue weighted by molar-refractivity contribution is 5.85. The van der Waals surface area contributed by atoms with Crippen LogP contribution in [0.5, 0.6) is 0 Å². The lowest BCUT2D eigenvalue weighted by Gasteiger charge is -2.45. The molecular weight excluding hydrogens is 320 g/mol. The highest BCUT2D eigenvalue weighted by atomic mass is 35.5. The first-order valence-electron chi connectivity index (χ1n) is 9.17. The Kier molecular flexibility index (Phi) is 6.70. The molecule has 0 aromatic heterocycles. The Morgan fingerprint density at radius 3 is 2.25 bits per heavy atom. The van der Waals surface area contributed by atoms with Gasteiger partial charge in [-0.2, -0.15) is 0 Å². The van der Waals surface area contributed by atoms with Crippen LogP contribution >= 0.6 is 12.4 Å². The molecule has 24 heavy (non-hydrogen) atoms. The number of hydrogen-bond donors (Lipinski definition) is 2. The van der Waals surface area contributed by atoms with Gasteiger partial charge in [-0.15, -0.1) is 12.4 Å². The minimum absolute atomic E-state index is 0. The molecule has 2 bridgehead atoms. The molecule has 1 amide bonds. The SMILES string of the molecule is CC(C)C(C(=O)NC1C2CCCC1CC(N)C2)c1ccccc1.Cl. The van der Waals surface area contributed by atoms with Crippen molar-refractivity contribution >= 4 is 18.3 Å². The third kappa shape index (κ3) is 4.12. The highest BCUT2D eigenvalue weighted by Crippen LogP contribution is 2.40. The first-order chi connectivity index (χ1) is 11.1. The molecule has 2 aliphatic carbocycles. The summed E-state index contributed by atoms with van der Waals surface area (Å²) in [6.07, 6.45) is 5.86. The number of nitrogens with one attached hydrogen (secondary N) is 1. The van der Waals surface area contributed by atoms with Crippen molar-refractivity contribution in [2.45, 2.75) is 64.0 Å². The Labute approximate surface area is 152 Å². The van der Waals surface area contributed by atoms with Crippen LogP contribution in [-0.2, 0) is 4.79 Å². The molecule has 2 saturated carbocycles. The van der Waals surface area contributed by atoms with Crippen molar-refractivity contribution in [1.29, 1.82) is 0 Å². The van der Waals surface area contributed by atoms with Gasteiger partial charge in [0.1, 0.15) is 0 Å². The van der Waals surface area contributed by atoms with E-state index in [2.05, 4.69) is 31.3 Å². The number of benzene rings is 1. The summed E-state index contributed by atoms with van der Waals surface area (Å²) in [5.41, 5.74) is 7.33. The van der Waals surface area contributed by atoms with Gasteiger partial charge in [0.2, 0.25) is 5.91 Å². The van der Waals surface area contributed by atoms with Crippen molar-refractivity contribution in [3.8, 4) is 0 Å². The van der Waals surface area contributed by atoms with E-state index in [1.807, 2.05) is 18.2 Å². The molecule has 3 rings (SSSR count). The van der Waals surface area contributed by atoms with Crippen LogP contribution in [0, 0.1) is 17.8 Å². The molecule has 2 fully saturated rings. The van der Waals surface area contributed by atoms with Gasteiger partial charge in [-0.25, -0.2) is 0 Å². The number of fused-ring (bicyclic) bond motifs is 2. The van der Waals surface area contributed by atoms with Crippen molar-refractivity contribution in [2.75, 3.05) is 0 Å². The largest absolute Gasteiger partial charge is 0.352 e. The predicted octanol–water partition coefficient (Wildman–Crippen LogP) is 3.87. The smallest absolute Gasteiger partial charge is 0.228 e. The van der Waals surface area contributed by atoms with Crippen LogP contribution in [0.2, 0.25) is 0 Å². The lowest BCUT2D eigenvalue weighted by atomic mass is 9.66. The highest BCUT2D eigenvalue weighted by Gasteiger charge is 2.40. The van der Waals surface area contributed by atoms with Crippen LogP contribution < -0.4 is 11.1 Å². The summed E-state index contributed by atoms with van der Waals surface area (Å²) in [7, 11) is 0. The second kappa shape index (κ2) is 8.35. The van der Waals surface area contributed by atoms with Crippen molar-refractivity contribution in [3.63, 3.8) is 0 Å². The Bertz CT molecular complexity index is 520. The third-order valence-corrected chi connectivity index (χ3v) is 5.79. The number of hydrogen-bond acceptors (Lipinski definition) is 2. The van der Waals surface area contributed by atoms with Gasteiger partial charge >= 0.3 is 0 Å². The average molecular weight is 351 g/mol. The molecule has 3 atom stereocenters. The molecule has 3 unspecified atom stereocenters. The molecule has 2 aliphatic rings. The maximum absolute atomic E-state index is 13.0. The zero-order valence-electron chi connectivity index (χ0n) is 14.8. The first kappa shape index (κ1) is 19.3. The Balaban J connectivity index is 0.00000208. The first-order valence-corrected chi connectivity index (χ1v) is 9.17. The maximum Gasteiger partial charge on any atom is 0.228 e. The Morgan fingerprint density at radius 2 is 1.71 bits per heavy atom. The number of nitrogens with two attached hydrogens (primary N) is 1. The average Bonchev–Trinajstić information content (AvgIpc) is 2.49. The minimum Gasteiger partial charge on any atom is -0.352 e. The van der Waals surface area contributed by atoms with E-state index in [-0.39, 0.29) is 24.2 Å². The van der Waals surface area contributed by atoms with E-state index < -0.39 is 0 Å². The summed E-state index contributed by atoms with van der Waals surface area (Å²) in [6, 6.07) is 10.9. The summed E-state index contributed by atoms with van der Waals surface area (Å²) in [6.45, 7) is 4.27. The van der Waals surface area contributed by atoms with Crippen molar-refractivity contribution in [1.82, 2.24) is 5.32 Å². The van der Waals surface area contributed by atoms with E-state index in [0.29, 0.717) is 29.8 Å². The normalized spacial score (nSPS) is 30.3. The van der Waals surface area contributed by atoms with E-state index >= 15 is 0 Å². The molecular formula is C20H31ClN2O. The summed E-state index contributed by atoms with van der Waals surface area (Å²) < 4.78 is 0.